The van der Waals surface area contributed by atoms with E-state index < -0.39 is 12.1 Å². The summed E-state index contributed by atoms with van der Waals surface area (Å²) in [6.45, 7) is 1.60. The summed E-state index contributed by atoms with van der Waals surface area (Å²) in [5, 5.41) is 6.13. The second-order valence-corrected chi connectivity index (χ2v) is 7.82. The molecule has 1 fully saturated rings. The van der Waals surface area contributed by atoms with Gasteiger partial charge in [-0.15, -0.1) is 0 Å². The summed E-state index contributed by atoms with van der Waals surface area (Å²) in [6, 6.07) is 6.57. The highest BCUT2D eigenvalue weighted by Crippen LogP contribution is 2.36. The lowest BCUT2D eigenvalue weighted by Gasteiger charge is -2.35. The van der Waals surface area contributed by atoms with Crippen molar-refractivity contribution in [2.75, 3.05) is 46.6 Å². The van der Waals surface area contributed by atoms with Crippen molar-refractivity contribution < 1.29 is 18.0 Å². The Morgan fingerprint density at radius 2 is 1.90 bits per heavy atom. The number of rotatable bonds is 2. The number of anilines is 4. The molecule has 0 bridgehead atoms. The van der Waals surface area contributed by atoms with Crippen molar-refractivity contribution in [1.29, 1.82) is 0 Å². The van der Waals surface area contributed by atoms with Crippen molar-refractivity contribution in [2.45, 2.75) is 31.9 Å². The van der Waals surface area contributed by atoms with Crippen molar-refractivity contribution in [2.24, 2.45) is 5.92 Å². The van der Waals surface area contributed by atoms with Gasteiger partial charge in [0.1, 0.15) is 5.82 Å². The number of pyridine rings is 2. The minimum Gasteiger partial charge on any atom is -0.382 e. The van der Waals surface area contributed by atoms with E-state index in [0.29, 0.717) is 42.5 Å². The number of alkyl halides is 3. The molecule has 2 aliphatic rings. The van der Waals surface area contributed by atoms with Gasteiger partial charge in [0.2, 0.25) is 0 Å². The molecule has 0 saturated carbocycles. The molecule has 1 saturated heterocycles. The first-order chi connectivity index (χ1) is 14.9. The number of halogens is 3. The molecule has 1 unspecified atom stereocenters. The first-order valence-electron chi connectivity index (χ1n) is 10.5. The van der Waals surface area contributed by atoms with Crippen molar-refractivity contribution >= 4 is 29.0 Å². The van der Waals surface area contributed by atoms with Gasteiger partial charge < -0.3 is 15.5 Å². The predicted molar refractivity (Wildman–Crippen MR) is 114 cm³/mol. The standard InChI is InChI=1S/C21H25F3N6O/c22-21(23,24)15-4-3-12-29(14-15)18-6-5-17-19(28-18)30(13-2-1-9-26-17)20(31)27-16-7-10-25-11-8-16/h5-8,10-11,15,26H,1-4,9,12-14H2,(H,25,27,31). The zero-order valence-electron chi connectivity index (χ0n) is 17.0. The second kappa shape index (κ2) is 8.99. The van der Waals surface area contributed by atoms with Crippen LogP contribution >= 0.6 is 0 Å². The molecule has 2 amide bonds. The van der Waals surface area contributed by atoms with Gasteiger partial charge in [0, 0.05) is 44.3 Å². The average Bonchev–Trinajstić information content (AvgIpc) is 2.74. The number of urea groups is 1. The third-order valence-corrected chi connectivity index (χ3v) is 5.63. The van der Waals surface area contributed by atoms with Crippen LogP contribution in [-0.2, 0) is 0 Å². The number of nitrogens with zero attached hydrogens (tertiary/aromatic N) is 4. The Kier molecular flexibility index (Phi) is 6.15. The number of amides is 2. The monoisotopic (exact) mass is 434 g/mol. The summed E-state index contributed by atoms with van der Waals surface area (Å²) in [6.07, 6.45) is 1.20. The van der Waals surface area contributed by atoms with Gasteiger partial charge >= 0.3 is 12.2 Å². The number of hydrogen-bond donors (Lipinski definition) is 2. The maximum atomic E-state index is 13.3. The van der Waals surface area contributed by atoms with Gasteiger partial charge in [0.25, 0.3) is 0 Å². The van der Waals surface area contributed by atoms with Crippen LogP contribution in [0.15, 0.2) is 36.7 Å². The highest BCUT2D eigenvalue weighted by Gasteiger charge is 2.42. The molecule has 0 radical (unpaired) electrons. The first kappa shape index (κ1) is 21.2. The van der Waals surface area contributed by atoms with Crippen molar-refractivity contribution in [3.05, 3.63) is 36.7 Å². The van der Waals surface area contributed by atoms with E-state index in [1.54, 1.807) is 46.5 Å². The van der Waals surface area contributed by atoms with E-state index in [0.717, 1.165) is 19.4 Å². The maximum Gasteiger partial charge on any atom is 0.393 e. The van der Waals surface area contributed by atoms with Crippen LogP contribution in [0.3, 0.4) is 0 Å². The van der Waals surface area contributed by atoms with Crippen LogP contribution in [0.25, 0.3) is 0 Å². The van der Waals surface area contributed by atoms with Crippen LogP contribution in [0.4, 0.5) is 41.0 Å². The van der Waals surface area contributed by atoms with Gasteiger partial charge in [-0.25, -0.2) is 9.78 Å². The molecule has 7 nitrogen and oxygen atoms in total. The number of hydrogen-bond acceptors (Lipinski definition) is 5. The highest BCUT2D eigenvalue weighted by atomic mass is 19.4. The van der Waals surface area contributed by atoms with Crippen LogP contribution in [0.5, 0.6) is 0 Å². The maximum absolute atomic E-state index is 13.3. The number of carbonyl (C=O) groups is 1. The number of aromatic nitrogens is 2. The lowest BCUT2D eigenvalue weighted by Crippen LogP contribution is -2.42. The second-order valence-electron chi connectivity index (χ2n) is 7.82. The Labute approximate surface area is 178 Å². The minimum absolute atomic E-state index is 0.119. The normalized spacial score (nSPS) is 19.6. The fourth-order valence-corrected chi connectivity index (χ4v) is 3.96. The van der Waals surface area contributed by atoms with E-state index in [4.69, 9.17) is 0 Å². The molecule has 2 N–H and O–H groups in total. The average molecular weight is 434 g/mol. The molecule has 2 aromatic rings. The molecule has 0 aliphatic carbocycles. The SMILES string of the molecule is O=C(Nc1ccncc1)N1CCCCNc2ccc(N3CCCC(C(F)(F)F)C3)nc21. The Balaban J connectivity index is 1.61. The van der Waals surface area contributed by atoms with E-state index in [1.807, 2.05) is 0 Å². The number of nitrogens with one attached hydrogen (secondary N) is 2. The summed E-state index contributed by atoms with van der Waals surface area (Å²) < 4.78 is 39.8. The molecular formula is C21H25F3N6O. The van der Waals surface area contributed by atoms with Crippen molar-refractivity contribution in [3.8, 4) is 0 Å². The van der Waals surface area contributed by atoms with Crippen LogP contribution < -0.4 is 20.4 Å². The minimum atomic E-state index is -4.22. The largest absolute Gasteiger partial charge is 0.393 e. The predicted octanol–water partition coefficient (Wildman–Crippen LogP) is 4.50. The highest BCUT2D eigenvalue weighted by molar-refractivity contribution is 6.03. The smallest absolute Gasteiger partial charge is 0.382 e. The quantitative estimate of drug-likeness (QED) is 0.728. The Morgan fingerprint density at radius 3 is 2.68 bits per heavy atom. The number of fused-ring (bicyclic) bond motifs is 1. The Morgan fingerprint density at radius 1 is 1.10 bits per heavy atom. The van der Waals surface area contributed by atoms with E-state index in [9.17, 15) is 18.0 Å². The van der Waals surface area contributed by atoms with Crippen molar-refractivity contribution in [3.63, 3.8) is 0 Å². The van der Waals surface area contributed by atoms with Gasteiger partial charge in [0.05, 0.1) is 11.6 Å². The molecule has 166 valence electrons. The molecule has 0 aromatic carbocycles. The third kappa shape index (κ3) is 5.00. The van der Waals surface area contributed by atoms with Crippen LogP contribution in [-0.4, -0.2) is 48.4 Å². The zero-order valence-corrected chi connectivity index (χ0v) is 17.0. The molecule has 31 heavy (non-hydrogen) atoms. The third-order valence-electron chi connectivity index (χ3n) is 5.63. The fourth-order valence-electron chi connectivity index (χ4n) is 3.96. The molecule has 0 spiro atoms. The Hall–Kier alpha value is -3.04. The molecule has 10 heteroatoms. The van der Waals surface area contributed by atoms with E-state index >= 15 is 0 Å². The molecule has 4 heterocycles. The van der Waals surface area contributed by atoms with Gasteiger partial charge in [-0.3, -0.25) is 9.88 Å². The lowest BCUT2D eigenvalue weighted by molar-refractivity contribution is -0.176. The summed E-state index contributed by atoms with van der Waals surface area (Å²) in [7, 11) is 0. The van der Waals surface area contributed by atoms with Crippen LogP contribution in [0.1, 0.15) is 25.7 Å². The topological polar surface area (TPSA) is 73.4 Å². The number of carbonyl (C=O) groups excluding carboxylic acids is 1. The molecule has 4 rings (SSSR count). The van der Waals surface area contributed by atoms with E-state index in [1.165, 1.54) is 0 Å². The van der Waals surface area contributed by atoms with Crippen LogP contribution in [0.2, 0.25) is 0 Å². The fraction of sp³-hybridized carbons (Fsp3) is 0.476. The zero-order chi connectivity index (χ0) is 21.8. The summed E-state index contributed by atoms with van der Waals surface area (Å²) >= 11 is 0. The molecule has 2 aromatic heterocycles. The van der Waals surface area contributed by atoms with E-state index in [2.05, 4.69) is 20.6 Å². The number of piperidine rings is 1. The van der Waals surface area contributed by atoms with Gasteiger partial charge in [-0.1, -0.05) is 0 Å². The van der Waals surface area contributed by atoms with Crippen LogP contribution in [0, 0.1) is 5.92 Å². The molecular weight excluding hydrogens is 409 g/mol. The molecule has 2 aliphatic heterocycles. The van der Waals surface area contributed by atoms with Crippen molar-refractivity contribution in [1.82, 2.24) is 9.97 Å². The summed E-state index contributed by atoms with van der Waals surface area (Å²) in [5.41, 5.74) is 1.30. The first-order valence-corrected chi connectivity index (χ1v) is 10.5. The van der Waals surface area contributed by atoms with Gasteiger partial charge in [-0.05, 0) is 49.9 Å². The molecule has 1 atom stereocenters. The van der Waals surface area contributed by atoms with E-state index in [-0.39, 0.29) is 19.0 Å². The summed E-state index contributed by atoms with van der Waals surface area (Å²) in [5.74, 6) is -0.482. The summed E-state index contributed by atoms with van der Waals surface area (Å²) in [4.78, 5) is 24.8. The lowest BCUT2D eigenvalue weighted by atomic mass is 9.97. The van der Waals surface area contributed by atoms with Gasteiger partial charge in [-0.2, -0.15) is 13.2 Å². The Bertz CT molecular complexity index is 908. The van der Waals surface area contributed by atoms with Gasteiger partial charge in [0.15, 0.2) is 5.82 Å².